The summed E-state index contributed by atoms with van der Waals surface area (Å²) in [4.78, 5) is 14.7. The topological polar surface area (TPSA) is 58.4 Å². The van der Waals surface area contributed by atoms with Crippen LogP contribution in [0.15, 0.2) is 30.3 Å². The number of carbonyl (C=O) groups excluding carboxylic acids is 1. The van der Waals surface area contributed by atoms with Crippen LogP contribution in [0.1, 0.15) is 31.2 Å². The molecule has 1 saturated carbocycles. The van der Waals surface area contributed by atoms with Gasteiger partial charge in [0.25, 0.3) is 0 Å². The van der Waals surface area contributed by atoms with E-state index in [2.05, 4.69) is 10.2 Å². The largest absolute Gasteiger partial charge is 0.368 e. The number of rotatable bonds is 6. The first-order valence-electron chi connectivity index (χ1n) is 7.56. The molecular weight excluding hydrogens is 250 g/mol. The predicted octanol–water partition coefficient (Wildman–Crippen LogP) is 1.22. The van der Waals surface area contributed by atoms with Gasteiger partial charge in [-0.05, 0) is 44.3 Å². The minimum absolute atomic E-state index is 0.262. The molecule has 20 heavy (non-hydrogen) atoms. The molecule has 1 aliphatic heterocycles. The summed E-state index contributed by atoms with van der Waals surface area (Å²) in [6.07, 6.45) is 4.71. The molecule has 1 amide bonds. The number of nitrogens with zero attached hydrogens (tertiary/aromatic N) is 1. The van der Waals surface area contributed by atoms with Gasteiger partial charge in [0.1, 0.15) is 5.54 Å². The van der Waals surface area contributed by atoms with Gasteiger partial charge < -0.3 is 10.6 Å². The van der Waals surface area contributed by atoms with Crippen LogP contribution in [0.3, 0.4) is 0 Å². The first kappa shape index (κ1) is 13.6. The lowest BCUT2D eigenvalue weighted by molar-refractivity contribution is -0.125. The third-order valence-electron chi connectivity index (χ3n) is 4.37. The molecule has 1 heterocycles. The smallest absolute Gasteiger partial charge is 0.243 e. The maximum Gasteiger partial charge on any atom is 0.243 e. The van der Waals surface area contributed by atoms with Gasteiger partial charge in [-0.3, -0.25) is 10.1 Å². The zero-order valence-corrected chi connectivity index (χ0v) is 11.8. The highest BCUT2D eigenvalue weighted by Crippen LogP contribution is 2.30. The lowest BCUT2D eigenvalue weighted by Gasteiger charge is -2.36. The molecule has 3 N–H and O–H groups in total. The van der Waals surface area contributed by atoms with Crippen molar-refractivity contribution < 1.29 is 4.79 Å². The van der Waals surface area contributed by atoms with Gasteiger partial charge in [-0.1, -0.05) is 30.3 Å². The highest BCUT2D eigenvalue weighted by atomic mass is 16.1. The molecule has 0 aromatic heterocycles. The minimum Gasteiger partial charge on any atom is -0.368 e. The maximum atomic E-state index is 12.3. The molecule has 4 nitrogen and oxygen atoms in total. The van der Waals surface area contributed by atoms with Crippen molar-refractivity contribution in [3.63, 3.8) is 0 Å². The number of nitrogens with two attached hydrogens (primary N) is 1. The highest BCUT2D eigenvalue weighted by molar-refractivity contribution is 5.86. The monoisotopic (exact) mass is 273 g/mol. The van der Waals surface area contributed by atoms with Gasteiger partial charge in [-0.2, -0.15) is 0 Å². The third-order valence-corrected chi connectivity index (χ3v) is 4.37. The van der Waals surface area contributed by atoms with Crippen molar-refractivity contribution in [2.45, 2.75) is 37.3 Å². The molecule has 1 aromatic carbocycles. The first-order chi connectivity index (χ1) is 9.71. The van der Waals surface area contributed by atoms with Crippen LogP contribution in [0.25, 0.3) is 0 Å². The first-order valence-corrected chi connectivity index (χ1v) is 7.56. The van der Waals surface area contributed by atoms with Gasteiger partial charge in [0.2, 0.25) is 5.91 Å². The van der Waals surface area contributed by atoms with E-state index < -0.39 is 5.54 Å². The summed E-state index contributed by atoms with van der Waals surface area (Å²) in [5.41, 5.74) is 6.08. The van der Waals surface area contributed by atoms with E-state index in [1.54, 1.807) is 0 Å². The molecule has 1 aliphatic carbocycles. The maximum absolute atomic E-state index is 12.3. The number of hydrogen-bond donors (Lipinski definition) is 2. The number of amides is 1. The quantitative estimate of drug-likeness (QED) is 0.819. The Kier molecular flexibility index (Phi) is 3.76. The summed E-state index contributed by atoms with van der Waals surface area (Å²) in [7, 11) is 0. The molecule has 108 valence electrons. The van der Waals surface area contributed by atoms with Crippen LogP contribution < -0.4 is 11.1 Å². The summed E-state index contributed by atoms with van der Waals surface area (Å²) in [6.45, 7) is 2.81. The summed E-state index contributed by atoms with van der Waals surface area (Å²) in [5, 5.41) is 3.53. The molecule has 1 aromatic rings. The van der Waals surface area contributed by atoms with E-state index in [0.29, 0.717) is 12.6 Å². The van der Waals surface area contributed by atoms with Gasteiger partial charge in [0, 0.05) is 12.6 Å². The molecule has 1 saturated heterocycles. The number of carbonyl (C=O) groups is 1. The molecule has 4 heteroatoms. The Bertz CT molecular complexity index is 466. The van der Waals surface area contributed by atoms with Crippen molar-refractivity contribution in [2.75, 3.05) is 19.6 Å². The van der Waals surface area contributed by atoms with Crippen LogP contribution in [-0.2, 0) is 10.3 Å². The van der Waals surface area contributed by atoms with Crippen molar-refractivity contribution >= 4 is 5.91 Å². The Balaban J connectivity index is 1.91. The van der Waals surface area contributed by atoms with Crippen LogP contribution in [0.2, 0.25) is 0 Å². The lowest BCUT2D eigenvalue weighted by atomic mass is 9.88. The fraction of sp³-hybridized carbons (Fsp3) is 0.562. The molecule has 1 atom stereocenters. The van der Waals surface area contributed by atoms with E-state index in [-0.39, 0.29) is 5.91 Å². The zero-order chi connectivity index (χ0) is 14.0. The van der Waals surface area contributed by atoms with E-state index >= 15 is 0 Å². The van der Waals surface area contributed by atoms with Gasteiger partial charge >= 0.3 is 0 Å². The van der Waals surface area contributed by atoms with Gasteiger partial charge in [0.15, 0.2) is 0 Å². The highest BCUT2D eigenvalue weighted by Gasteiger charge is 2.44. The molecule has 1 unspecified atom stereocenters. The van der Waals surface area contributed by atoms with Crippen molar-refractivity contribution in [2.24, 2.45) is 5.73 Å². The second-order valence-electron chi connectivity index (χ2n) is 6.04. The Morgan fingerprint density at radius 2 is 1.90 bits per heavy atom. The lowest BCUT2D eigenvalue weighted by Crippen LogP contribution is -2.59. The van der Waals surface area contributed by atoms with E-state index in [1.165, 1.54) is 12.8 Å². The fourth-order valence-electron chi connectivity index (χ4n) is 3.09. The Morgan fingerprint density at radius 1 is 1.25 bits per heavy atom. The number of nitrogens with one attached hydrogen (secondary N) is 1. The van der Waals surface area contributed by atoms with Crippen LogP contribution >= 0.6 is 0 Å². The Hall–Kier alpha value is -1.39. The normalized spacial score (nSPS) is 22.6. The van der Waals surface area contributed by atoms with Crippen molar-refractivity contribution in [3.05, 3.63) is 35.9 Å². The summed E-state index contributed by atoms with van der Waals surface area (Å²) in [5.74, 6) is -0.262. The molecule has 2 aliphatic rings. The Labute approximate surface area is 120 Å². The summed E-state index contributed by atoms with van der Waals surface area (Å²) in [6, 6.07) is 10.4. The van der Waals surface area contributed by atoms with Crippen LogP contribution in [0.4, 0.5) is 0 Å². The van der Waals surface area contributed by atoms with Gasteiger partial charge in [0.05, 0.1) is 0 Å². The van der Waals surface area contributed by atoms with Crippen LogP contribution in [-0.4, -0.2) is 36.5 Å². The Morgan fingerprint density at radius 3 is 2.45 bits per heavy atom. The van der Waals surface area contributed by atoms with Crippen LogP contribution in [0, 0.1) is 0 Å². The molecule has 0 spiro atoms. The number of likely N-dealkylation sites (tertiary alicyclic amines) is 1. The average Bonchev–Trinajstić information content (AvgIpc) is 3.12. The van der Waals surface area contributed by atoms with E-state index in [9.17, 15) is 4.79 Å². The molecule has 0 bridgehead atoms. The van der Waals surface area contributed by atoms with Crippen molar-refractivity contribution in [1.82, 2.24) is 10.2 Å². The van der Waals surface area contributed by atoms with Crippen molar-refractivity contribution in [3.8, 4) is 0 Å². The van der Waals surface area contributed by atoms with Crippen LogP contribution in [0.5, 0.6) is 0 Å². The van der Waals surface area contributed by atoms with E-state index in [0.717, 1.165) is 31.5 Å². The SMILES string of the molecule is NC(=O)C(CN1CCCC1)(NC1CC1)c1ccccc1. The minimum atomic E-state index is -0.743. The second-order valence-corrected chi connectivity index (χ2v) is 6.04. The predicted molar refractivity (Wildman–Crippen MR) is 79.1 cm³/mol. The van der Waals surface area contributed by atoms with E-state index in [4.69, 9.17) is 5.73 Å². The number of benzene rings is 1. The molecule has 2 fully saturated rings. The molecule has 3 rings (SSSR count). The van der Waals surface area contributed by atoms with Crippen molar-refractivity contribution in [1.29, 1.82) is 0 Å². The standard InChI is InChI=1S/C16H23N3O/c17-15(20)16(18-14-8-9-14,12-19-10-4-5-11-19)13-6-2-1-3-7-13/h1-3,6-7,14,18H,4-5,8-12H2,(H2,17,20). The second kappa shape index (κ2) is 5.54. The fourth-order valence-corrected chi connectivity index (χ4v) is 3.09. The van der Waals surface area contributed by atoms with Gasteiger partial charge in [-0.15, -0.1) is 0 Å². The number of hydrogen-bond acceptors (Lipinski definition) is 3. The van der Waals surface area contributed by atoms with Gasteiger partial charge in [-0.25, -0.2) is 0 Å². The summed E-state index contributed by atoms with van der Waals surface area (Å²) < 4.78 is 0. The molecular formula is C16H23N3O. The summed E-state index contributed by atoms with van der Waals surface area (Å²) >= 11 is 0. The molecule has 0 radical (unpaired) electrons. The van der Waals surface area contributed by atoms with E-state index in [1.807, 2.05) is 30.3 Å². The average molecular weight is 273 g/mol. The third kappa shape index (κ3) is 2.72. The zero-order valence-electron chi connectivity index (χ0n) is 11.8. The number of primary amides is 1.